The Morgan fingerprint density at radius 1 is 1.27 bits per heavy atom. The van der Waals surface area contributed by atoms with Gasteiger partial charge in [-0.3, -0.25) is 9.89 Å². The molecule has 214 valence electrons. The van der Waals surface area contributed by atoms with Crippen LogP contribution in [0.4, 0.5) is 13.2 Å². The van der Waals surface area contributed by atoms with Crippen LogP contribution in [0.1, 0.15) is 54.7 Å². The number of amides is 1. The quantitative estimate of drug-likeness (QED) is 0.341. The van der Waals surface area contributed by atoms with Crippen molar-refractivity contribution < 1.29 is 22.7 Å². The first kappa shape index (κ1) is 28.0. The van der Waals surface area contributed by atoms with E-state index in [-0.39, 0.29) is 34.2 Å². The largest absolute Gasteiger partial charge is 0.493 e. The van der Waals surface area contributed by atoms with Crippen molar-refractivity contribution in [2.45, 2.75) is 44.7 Å². The van der Waals surface area contributed by atoms with Gasteiger partial charge in [-0.05, 0) is 44.8 Å². The fraction of sp³-hybridized carbons (Fsp3) is 0.500. The predicted molar refractivity (Wildman–Crippen MR) is 144 cm³/mol. The van der Waals surface area contributed by atoms with E-state index in [1.165, 1.54) is 13.4 Å². The molecule has 5 rings (SSSR count). The van der Waals surface area contributed by atoms with Gasteiger partial charge in [0, 0.05) is 35.3 Å². The normalized spacial score (nSPS) is 15.1. The number of hydrogen-bond donors (Lipinski definition) is 1. The molecule has 0 aliphatic carbocycles. The minimum atomic E-state index is -4.61. The number of alkyl halides is 3. The second-order valence-corrected chi connectivity index (χ2v) is 11.5. The van der Waals surface area contributed by atoms with Crippen molar-refractivity contribution in [3.63, 3.8) is 0 Å². The number of fused-ring (bicyclic) bond motifs is 1. The lowest BCUT2D eigenvalue weighted by Crippen LogP contribution is -2.42. The maximum absolute atomic E-state index is 14.2. The van der Waals surface area contributed by atoms with E-state index in [0.29, 0.717) is 54.3 Å². The van der Waals surface area contributed by atoms with E-state index >= 15 is 0 Å². The molecule has 1 amide bonds. The van der Waals surface area contributed by atoms with Crippen LogP contribution >= 0.6 is 11.3 Å². The number of aromatic amines is 1. The number of pyridine rings is 1. The van der Waals surface area contributed by atoms with Crippen LogP contribution in [0.25, 0.3) is 27.6 Å². The van der Waals surface area contributed by atoms with Crippen LogP contribution in [-0.2, 0) is 11.0 Å². The highest BCUT2D eigenvalue weighted by Crippen LogP contribution is 2.46. The van der Waals surface area contributed by atoms with Crippen LogP contribution in [0.5, 0.6) is 5.75 Å². The Morgan fingerprint density at radius 3 is 2.62 bits per heavy atom. The number of rotatable bonds is 7. The smallest absolute Gasteiger partial charge is 0.434 e. The van der Waals surface area contributed by atoms with Crippen molar-refractivity contribution in [2.24, 2.45) is 0 Å². The molecule has 1 fully saturated rings. The number of piperidine rings is 1. The van der Waals surface area contributed by atoms with Gasteiger partial charge < -0.3 is 14.5 Å². The Bertz CT molecular complexity index is 1520. The number of ether oxygens (including phenoxy) is 1. The monoisotopic (exact) mass is 576 g/mol. The van der Waals surface area contributed by atoms with Crippen LogP contribution in [0.3, 0.4) is 0 Å². The number of aromatic nitrogens is 6. The van der Waals surface area contributed by atoms with E-state index in [1.54, 1.807) is 26.6 Å². The second kappa shape index (κ2) is 10.8. The molecule has 0 aromatic carbocycles. The van der Waals surface area contributed by atoms with Crippen molar-refractivity contribution in [3.05, 3.63) is 34.7 Å². The summed E-state index contributed by atoms with van der Waals surface area (Å²) >= 11 is 1.04. The van der Waals surface area contributed by atoms with Crippen molar-refractivity contribution in [3.8, 4) is 27.7 Å². The summed E-state index contributed by atoms with van der Waals surface area (Å²) in [5, 5.41) is 11.9. The molecule has 0 unspecified atom stereocenters. The second-order valence-electron chi connectivity index (χ2n) is 10.5. The average Bonchev–Trinajstić information content (AvgIpc) is 3.65. The van der Waals surface area contributed by atoms with Gasteiger partial charge in [0.25, 0.3) is 0 Å². The standard InChI is InChI=1S/C26H31F3N8O2S/c1-14(2)19-20(16-10-17(39-5)24-30-13-31-37(24)11-16)33-34-21(19)25-32-23(26(27,28)29)22(40-25)15-6-8-36(9-7-15)18(38)12-35(3)4/h10-11,13-15H,6-9,12H2,1-5H3,(H,33,34). The molecule has 0 atom stereocenters. The summed E-state index contributed by atoms with van der Waals surface area (Å²) in [5.74, 6) is 0.0722. The summed E-state index contributed by atoms with van der Waals surface area (Å²) in [6.07, 6.45) is -0.519. The highest BCUT2D eigenvalue weighted by atomic mass is 32.1. The molecule has 1 aliphatic rings. The number of nitrogens with one attached hydrogen (secondary N) is 1. The Labute approximate surface area is 233 Å². The van der Waals surface area contributed by atoms with Crippen LogP contribution < -0.4 is 4.74 Å². The maximum Gasteiger partial charge on any atom is 0.434 e. The molecular formula is C26H31F3N8O2S. The van der Waals surface area contributed by atoms with E-state index in [1.807, 2.05) is 27.9 Å². The minimum Gasteiger partial charge on any atom is -0.493 e. The average molecular weight is 577 g/mol. The molecule has 5 heterocycles. The first-order chi connectivity index (χ1) is 19.0. The SMILES string of the molecule is COc1cc(-c2[nH]nc(-c3nc(C(F)(F)F)c(C4CCN(C(=O)CN(C)C)CC4)s3)c2C(C)C)cn2ncnc12. The van der Waals surface area contributed by atoms with Gasteiger partial charge in [0.15, 0.2) is 17.1 Å². The van der Waals surface area contributed by atoms with Gasteiger partial charge in [-0.25, -0.2) is 14.5 Å². The van der Waals surface area contributed by atoms with Gasteiger partial charge in [-0.15, -0.1) is 11.3 Å². The Hall–Kier alpha value is -3.52. The van der Waals surface area contributed by atoms with Crippen molar-refractivity contribution in [1.82, 2.24) is 39.6 Å². The third-order valence-electron chi connectivity index (χ3n) is 7.03. The number of carbonyl (C=O) groups is 1. The van der Waals surface area contributed by atoms with E-state index in [2.05, 4.69) is 25.3 Å². The Kier molecular flexibility index (Phi) is 7.57. The fourth-order valence-corrected chi connectivity index (χ4v) is 6.41. The molecular weight excluding hydrogens is 545 g/mol. The molecule has 1 N–H and O–H groups in total. The number of H-pyrrole nitrogens is 1. The summed E-state index contributed by atoms with van der Waals surface area (Å²) in [7, 11) is 5.16. The van der Waals surface area contributed by atoms with Crippen molar-refractivity contribution in [1.29, 1.82) is 0 Å². The van der Waals surface area contributed by atoms with Crippen molar-refractivity contribution in [2.75, 3.05) is 40.8 Å². The highest BCUT2D eigenvalue weighted by Gasteiger charge is 2.41. The molecule has 0 radical (unpaired) electrons. The van der Waals surface area contributed by atoms with Gasteiger partial charge in [0.05, 0.1) is 19.3 Å². The van der Waals surface area contributed by atoms with Crippen LogP contribution in [0.2, 0.25) is 0 Å². The van der Waals surface area contributed by atoms with Crippen molar-refractivity contribution >= 4 is 22.9 Å². The molecule has 1 aliphatic heterocycles. The third-order valence-corrected chi connectivity index (χ3v) is 8.25. The number of halogens is 3. The molecule has 40 heavy (non-hydrogen) atoms. The lowest BCUT2D eigenvalue weighted by Gasteiger charge is -2.32. The Balaban J connectivity index is 1.51. The molecule has 1 saturated heterocycles. The number of likely N-dealkylation sites (tertiary alicyclic amines) is 1. The molecule has 0 saturated carbocycles. The summed E-state index contributed by atoms with van der Waals surface area (Å²) in [6, 6.07) is 1.80. The molecule has 10 nitrogen and oxygen atoms in total. The zero-order chi connectivity index (χ0) is 28.8. The fourth-order valence-electron chi connectivity index (χ4n) is 5.15. The van der Waals surface area contributed by atoms with E-state index in [9.17, 15) is 18.0 Å². The van der Waals surface area contributed by atoms with Gasteiger partial charge in [0.2, 0.25) is 5.91 Å². The molecule has 4 aromatic heterocycles. The summed E-state index contributed by atoms with van der Waals surface area (Å²) < 4.78 is 49.7. The van der Waals surface area contributed by atoms with Crippen LogP contribution in [0, 0.1) is 0 Å². The van der Waals surface area contributed by atoms with E-state index in [4.69, 9.17) is 4.74 Å². The Morgan fingerprint density at radius 2 is 2.00 bits per heavy atom. The first-order valence-corrected chi connectivity index (χ1v) is 13.8. The van der Waals surface area contributed by atoms with Crippen LogP contribution in [0.15, 0.2) is 18.6 Å². The summed E-state index contributed by atoms with van der Waals surface area (Å²) in [6.45, 7) is 5.03. The summed E-state index contributed by atoms with van der Waals surface area (Å²) in [4.78, 5) is 24.5. The number of methoxy groups -OCH3 is 1. The third kappa shape index (κ3) is 5.29. The van der Waals surface area contributed by atoms with E-state index < -0.39 is 11.9 Å². The number of hydrogen-bond acceptors (Lipinski definition) is 8. The van der Waals surface area contributed by atoms with Gasteiger partial charge in [-0.1, -0.05) is 13.8 Å². The maximum atomic E-state index is 14.2. The topological polar surface area (TPSA) is 105 Å². The molecule has 4 aromatic rings. The first-order valence-electron chi connectivity index (χ1n) is 12.9. The predicted octanol–water partition coefficient (Wildman–Crippen LogP) is 4.66. The number of carbonyl (C=O) groups excluding carboxylic acids is 1. The number of thiazole rings is 1. The molecule has 0 bridgehead atoms. The zero-order valence-electron chi connectivity index (χ0n) is 22.9. The molecule has 0 spiro atoms. The van der Waals surface area contributed by atoms with E-state index in [0.717, 1.165) is 16.9 Å². The number of likely N-dealkylation sites (N-methyl/N-ethyl adjacent to an activating group) is 1. The lowest BCUT2D eigenvalue weighted by atomic mass is 9.94. The van der Waals surface area contributed by atoms with Crippen LogP contribution in [-0.4, -0.2) is 86.3 Å². The minimum absolute atomic E-state index is 0.0178. The summed E-state index contributed by atoms with van der Waals surface area (Å²) in [5.41, 5.74) is 2.18. The van der Waals surface area contributed by atoms with Gasteiger partial charge in [0.1, 0.15) is 17.0 Å². The molecule has 14 heteroatoms. The highest BCUT2D eigenvalue weighted by molar-refractivity contribution is 7.15. The lowest BCUT2D eigenvalue weighted by molar-refractivity contribution is -0.142. The number of nitrogens with zero attached hydrogens (tertiary/aromatic N) is 7. The van der Waals surface area contributed by atoms with Gasteiger partial charge >= 0.3 is 6.18 Å². The zero-order valence-corrected chi connectivity index (χ0v) is 23.7. The van der Waals surface area contributed by atoms with Gasteiger partial charge in [-0.2, -0.15) is 23.4 Å².